The van der Waals surface area contributed by atoms with E-state index in [-0.39, 0.29) is 17.2 Å². The molecule has 2 aromatic heterocycles. The number of benzene rings is 2. The van der Waals surface area contributed by atoms with Crippen molar-refractivity contribution in [2.45, 2.75) is 26.4 Å². The number of likely N-dealkylation sites (N-methyl/N-ethyl adjacent to an activating group) is 1. The zero-order valence-electron chi connectivity index (χ0n) is 16.7. The number of nitrogens with one attached hydrogen (secondary N) is 4. The van der Waals surface area contributed by atoms with Gasteiger partial charge in [-0.1, -0.05) is 19.1 Å². The highest BCUT2D eigenvalue weighted by molar-refractivity contribution is 5.96. The molecule has 9 heteroatoms. The first kappa shape index (κ1) is 19.6. The van der Waals surface area contributed by atoms with Crippen LogP contribution in [0.1, 0.15) is 19.7 Å². The number of hydrogen-bond donors (Lipinski definition) is 4. The third kappa shape index (κ3) is 3.87. The Kier molecular flexibility index (Phi) is 5.20. The quantitative estimate of drug-likeness (QED) is 0.389. The summed E-state index contributed by atoms with van der Waals surface area (Å²) in [6.45, 7) is 4.67. The molecule has 4 N–H and O–H groups in total. The first-order valence-electron chi connectivity index (χ1n) is 9.69. The predicted molar refractivity (Wildman–Crippen MR) is 115 cm³/mol. The van der Waals surface area contributed by atoms with Crippen LogP contribution in [-0.4, -0.2) is 43.3 Å². The van der Waals surface area contributed by atoms with Gasteiger partial charge in [0, 0.05) is 5.69 Å². The fraction of sp³-hybridized carbons (Fsp3) is 0.238. The van der Waals surface area contributed by atoms with Crippen molar-refractivity contribution in [3.8, 4) is 0 Å². The molecule has 0 radical (unpaired) electrons. The number of nitrogens with zero attached hydrogens (tertiary/aromatic N) is 2. The number of carbonyl (C=O) groups excluding carboxylic acids is 1. The molecule has 1 unspecified atom stereocenters. The van der Waals surface area contributed by atoms with Crippen LogP contribution >= 0.6 is 0 Å². The van der Waals surface area contributed by atoms with E-state index >= 15 is 0 Å². The first-order chi connectivity index (χ1) is 14.4. The summed E-state index contributed by atoms with van der Waals surface area (Å²) in [4.78, 5) is 51.1. The van der Waals surface area contributed by atoms with Crippen molar-refractivity contribution in [3.05, 3.63) is 69.1 Å². The highest BCUT2D eigenvalue weighted by atomic mass is 16.2. The average Bonchev–Trinajstić information content (AvgIpc) is 3.10. The summed E-state index contributed by atoms with van der Waals surface area (Å²) in [5.74, 6) is 0.309. The minimum Gasteiger partial charge on any atom is -0.325 e. The van der Waals surface area contributed by atoms with Gasteiger partial charge in [-0.25, -0.2) is 9.78 Å². The number of anilines is 1. The maximum absolute atomic E-state index is 12.8. The van der Waals surface area contributed by atoms with E-state index in [1.54, 1.807) is 43.3 Å². The predicted octanol–water partition coefficient (Wildman–Crippen LogP) is 1.94. The second-order valence-electron chi connectivity index (χ2n) is 7.10. The number of carbonyl (C=O) groups is 1. The molecular weight excluding hydrogens is 384 g/mol. The van der Waals surface area contributed by atoms with Gasteiger partial charge in [-0.3, -0.25) is 14.5 Å². The Labute approximate surface area is 171 Å². The van der Waals surface area contributed by atoms with Gasteiger partial charge >= 0.3 is 5.69 Å². The molecule has 2 aromatic carbocycles. The number of fused-ring (bicyclic) bond motifs is 2. The van der Waals surface area contributed by atoms with Crippen molar-refractivity contribution in [1.29, 1.82) is 0 Å². The third-order valence-electron chi connectivity index (χ3n) is 5.13. The lowest BCUT2D eigenvalue weighted by Gasteiger charge is -2.26. The minimum absolute atomic E-state index is 0.197. The van der Waals surface area contributed by atoms with Crippen LogP contribution in [0.15, 0.2) is 52.1 Å². The van der Waals surface area contributed by atoms with E-state index in [1.807, 2.05) is 17.9 Å². The second kappa shape index (κ2) is 7.96. The van der Waals surface area contributed by atoms with Crippen LogP contribution in [0.5, 0.6) is 0 Å². The molecule has 2 heterocycles. The molecule has 4 aromatic rings. The Balaban J connectivity index is 1.51. The lowest BCUT2D eigenvalue weighted by molar-refractivity contribution is -0.120. The molecule has 30 heavy (non-hydrogen) atoms. The molecule has 1 atom stereocenters. The maximum atomic E-state index is 12.8. The van der Waals surface area contributed by atoms with Crippen molar-refractivity contribution in [3.63, 3.8) is 0 Å². The van der Waals surface area contributed by atoms with Crippen molar-refractivity contribution in [2.75, 3.05) is 11.9 Å². The number of hydrogen-bond acceptors (Lipinski definition) is 5. The Morgan fingerprint density at radius 2 is 1.87 bits per heavy atom. The highest BCUT2D eigenvalue weighted by Crippen LogP contribution is 2.16. The number of amides is 1. The molecule has 0 aliphatic carbocycles. The Hall–Kier alpha value is -3.72. The number of imidazole rings is 1. The molecule has 0 saturated carbocycles. The smallest absolute Gasteiger partial charge is 0.323 e. The van der Waals surface area contributed by atoms with Gasteiger partial charge in [0.05, 0.1) is 34.5 Å². The van der Waals surface area contributed by atoms with Gasteiger partial charge in [-0.2, -0.15) is 0 Å². The third-order valence-corrected chi connectivity index (χ3v) is 5.13. The van der Waals surface area contributed by atoms with E-state index in [9.17, 15) is 14.4 Å². The molecule has 154 valence electrons. The molecular formula is C21H22N6O3. The Bertz CT molecular complexity index is 1340. The Morgan fingerprint density at radius 3 is 2.67 bits per heavy atom. The number of H-pyrrole nitrogens is 3. The molecule has 9 nitrogen and oxygen atoms in total. The van der Waals surface area contributed by atoms with Gasteiger partial charge in [0.15, 0.2) is 0 Å². The molecule has 0 fully saturated rings. The van der Waals surface area contributed by atoms with Crippen molar-refractivity contribution in [1.82, 2.24) is 24.8 Å². The van der Waals surface area contributed by atoms with E-state index < -0.39 is 6.04 Å². The lowest BCUT2D eigenvalue weighted by Crippen LogP contribution is -2.42. The standard InChI is InChI=1S/C21H22N6O3/c1-3-27(11-18-23-15-7-5-4-6-14(15)20(29)26-18)12(2)19(28)22-13-8-9-16-17(10-13)25-21(30)24-16/h4-10,12H,3,11H2,1-2H3,(H,22,28)(H,23,26,29)(H2,24,25,30). The van der Waals surface area contributed by atoms with Gasteiger partial charge in [-0.15, -0.1) is 0 Å². The maximum Gasteiger partial charge on any atom is 0.323 e. The fourth-order valence-corrected chi connectivity index (χ4v) is 3.45. The minimum atomic E-state index is -0.465. The van der Waals surface area contributed by atoms with E-state index in [0.717, 1.165) is 0 Å². The average molecular weight is 406 g/mol. The molecule has 0 bridgehead atoms. The second-order valence-corrected chi connectivity index (χ2v) is 7.10. The summed E-state index contributed by atoms with van der Waals surface area (Å²) in [6.07, 6.45) is 0. The number of para-hydroxylation sites is 1. The summed E-state index contributed by atoms with van der Waals surface area (Å²) in [5.41, 5.74) is 2.01. The van der Waals surface area contributed by atoms with Crippen molar-refractivity contribution < 1.29 is 4.79 Å². The van der Waals surface area contributed by atoms with Crippen LogP contribution < -0.4 is 16.6 Å². The van der Waals surface area contributed by atoms with E-state index in [1.165, 1.54) is 0 Å². The highest BCUT2D eigenvalue weighted by Gasteiger charge is 2.21. The largest absolute Gasteiger partial charge is 0.325 e. The van der Waals surface area contributed by atoms with Crippen LogP contribution in [0.4, 0.5) is 5.69 Å². The van der Waals surface area contributed by atoms with Crippen LogP contribution in [-0.2, 0) is 11.3 Å². The van der Waals surface area contributed by atoms with Crippen molar-refractivity contribution in [2.24, 2.45) is 0 Å². The Morgan fingerprint density at radius 1 is 1.10 bits per heavy atom. The molecule has 0 spiro atoms. The van der Waals surface area contributed by atoms with E-state index in [0.29, 0.717) is 46.5 Å². The van der Waals surface area contributed by atoms with Gasteiger partial charge in [0.25, 0.3) is 5.56 Å². The van der Waals surface area contributed by atoms with E-state index in [2.05, 4.69) is 25.3 Å². The fourth-order valence-electron chi connectivity index (χ4n) is 3.45. The van der Waals surface area contributed by atoms with Crippen LogP contribution in [0.3, 0.4) is 0 Å². The van der Waals surface area contributed by atoms with Crippen LogP contribution in [0.2, 0.25) is 0 Å². The zero-order valence-corrected chi connectivity index (χ0v) is 16.7. The summed E-state index contributed by atoms with van der Waals surface area (Å²) < 4.78 is 0. The molecule has 0 saturated heterocycles. The summed E-state index contributed by atoms with van der Waals surface area (Å²) in [7, 11) is 0. The number of aromatic amines is 3. The summed E-state index contributed by atoms with van der Waals surface area (Å²) in [6, 6.07) is 11.9. The van der Waals surface area contributed by atoms with Gasteiger partial charge in [-0.05, 0) is 43.8 Å². The summed E-state index contributed by atoms with van der Waals surface area (Å²) in [5, 5.41) is 3.41. The zero-order chi connectivity index (χ0) is 21.3. The lowest BCUT2D eigenvalue weighted by atomic mass is 10.2. The number of rotatable bonds is 6. The van der Waals surface area contributed by atoms with E-state index in [4.69, 9.17) is 0 Å². The SMILES string of the molecule is CCN(Cc1nc2ccccc2c(=O)[nH]1)C(C)C(=O)Nc1ccc2[nH]c(=O)[nH]c2c1. The van der Waals surface area contributed by atoms with Crippen LogP contribution in [0.25, 0.3) is 21.9 Å². The number of aromatic nitrogens is 4. The van der Waals surface area contributed by atoms with Gasteiger partial charge < -0.3 is 20.3 Å². The molecule has 1 amide bonds. The molecule has 0 aliphatic heterocycles. The van der Waals surface area contributed by atoms with Crippen LogP contribution in [0, 0.1) is 0 Å². The monoisotopic (exact) mass is 406 g/mol. The molecule has 0 aliphatic rings. The molecule has 4 rings (SSSR count). The van der Waals surface area contributed by atoms with Gasteiger partial charge in [0.2, 0.25) is 5.91 Å². The van der Waals surface area contributed by atoms with Gasteiger partial charge in [0.1, 0.15) is 5.82 Å². The first-order valence-corrected chi connectivity index (χ1v) is 9.69. The normalized spacial score (nSPS) is 12.5. The van der Waals surface area contributed by atoms with Crippen molar-refractivity contribution >= 4 is 33.5 Å². The topological polar surface area (TPSA) is 127 Å². The summed E-state index contributed by atoms with van der Waals surface area (Å²) >= 11 is 0.